The Bertz CT molecular complexity index is 692. The molecule has 0 amide bonds. The first kappa shape index (κ1) is 19.5. The van der Waals surface area contributed by atoms with Crippen LogP contribution in [-0.2, 0) is 0 Å². The maximum atomic E-state index is 14.2. The number of benzene rings is 2. The first-order valence-electron chi connectivity index (χ1n) is 9.83. The van der Waals surface area contributed by atoms with Gasteiger partial charge in [-0.2, -0.15) is 0 Å². The fourth-order valence-corrected chi connectivity index (χ4v) is 4.61. The maximum Gasteiger partial charge on any atom is 0.135 e. The highest BCUT2D eigenvalue weighted by Crippen LogP contribution is 2.38. The summed E-state index contributed by atoms with van der Waals surface area (Å²) in [5.74, 6) is 0.420. The molecule has 1 aliphatic carbocycles. The van der Waals surface area contributed by atoms with Gasteiger partial charge in [0.1, 0.15) is 11.6 Å². The lowest BCUT2D eigenvalue weighted by Crippen LogP contribution is -2.13. The van der Waals surface area contributed by atoms with Crippen LogP contribution in [0.15, 0.2) is 40.9 Å². The third kappa shape index (κ3) is 4.73. The van der Waals surface area contributed by atoms with E-state index in [-0.39, 0.29) is 5.56 Å². The van der Waals surface area contributed by atoms with Crippen molar-refractivity contribution in [3.05, 3.63) is 58.1 Å². The zero-order valence-corrected chi connectivity index (χ0v) is 17.0. The van der Waals surface area contributed by atoms with Crippen LogP contribution in [0, 0.1) is 17.6 Å². The van der Waals surface area contributed by atoms with Crippen LogP contribution in [-0.4, -0.2) is 0 Å². The molecule has 0 N–H and O–H groups in total. The second-order valence-corrected chi connectivity index (χ2v) is 8.50. The first-order valence-corrected chi connectivity index (χ1v) is 10.6. The van der Waals surface area contributed by atoms with Crippen LogP contribution < -0.4 is 0 Å². The molecule has 0 heterocycles. The molecule has 0 spiro atoms. The molecule has 3 heteroatoms. The Morgan fingerprint density at radius 2 is 1.54 bits per heavy atom. The van der Waals surface area contributed by atoms with E-state index >= 15 is 0 Å². The van der Waals surface area contributed by atoms with Crippen LogP contribution in [0.4, 0.5) is 8.78 Å². The SMILES string of the molecule is CCCCC[C@H]1CC[C@H](c2ccc(-c3c(F)cc(Br)cc3F)cc2)CC1. The normalized spacial score (nSPS) is 20.3. The van der Waals surface area contributed by atoms with E-state index in [1.807, 2.05) is 12.1 Å². The summed E-state index contributed by atoms with van der Waals surface area (Å²) >= 11 is 3.13. The number of hydrogen-bond acceptors (Lipinski definition) is 0. The van der Waals surface area contributed by atoms with Crippen LogP contribution in [0.5, 0.6) is 0 Å². The minimum atomic E-state index is -0.530. The molecule has 3 rings (SSSR count). The highest BCUT2D eigenvalue weighted by molar-refractivity contribution is 9.10. The molecule has 0 nitrogen and oxygen atoms in total. The lowest BCUT2D eigenvalue weighted by atomic mass is 9.77. The second-order valence-electron chi connectivity index (χ2n) is 7.58. The fourth-order valence-electron chi connectivity index (χ4n) is 4.21. The standard InChI is InChI=1S/C23H27BrF2/c1-2-3-4-5-16-6-8-17(9-7-16)18-10-12-19(13-11-18)23-21(25)14-20(24)15-22(23)26/h10-17H,2-9H2,1H3/t16-,17-. The Balaban J connectivity index is 1.64. The molecule has 1 saturated carbocycles. The summed E-state index contributed by atoms with van der Waals surface area (Å²) < 4.78 is 28.7. The molecule has 2 aromatic carbocycles. The minimum absolute atomic E-state index is 0.0550. The van der Waals surface area contributed by atoms with Gasteiger partial charge in [0.25, 0.3) is 0 Å². The molecule has 26 heavy (non-hydrogen) atoms. The summed E-state index contributed by atoms with van der Waals surface area (Å²) in [6.07, 6.45) is 10.5. The van der Waals surface area contributed by atoms with Crippen molar-refractivity contribution in [1.82, 2.24) is 0 Å². The number of hydrogen-bond donors (Lipinski definition) is 0. The molecule has 1 fully saturated rings. The molecule has 0 radical (unpaired) electrons. The topological polar surface area (TPSA) is 0 Å². The monoisotopic (exact) mass is 420 g/mol. The van der Waals surface area contributed by atoms with Gasteiger partial charge in [0.05, 0.1) is 5.56 Å². The molecule has 0 saturated heterocycles. The van der Waals surface area contributed by atoms with Gasteiger partial charge in [-0.05, 0) is 60.8 Å². The molecule has 0 bridgehead atoms. The van der Waals surface area contributed by atoms with Gasteiger partial charge in [0.2, 0.25) is 0 Å². The summed E-state index contributed by atoms with van der Waals surface area (Å²) in [5.41, 5.74) is 1.96. The van der Waals surface area contributed by atoms with Gasteiger partial charge in [0, 0.05) is 4.47 Å². The lowest BCUT2D eigenvalue weighted by Gasteiger charge is -2.29. The third-order valence-electron chi connectivity index (χ3n) is 5.74. The Hall–Kier alpha value is -1.22. The van der Waals surface area contributed by atoms with Crippen LogP contribution in [0.25, 0.3) is 11.1 Å². The van der Waals surface area contributed by atoms with Gasteiger partial charge in [-0.1, -0.05) is 72.8 Å². The summed E-state index contributed by atoms with van der Waals surface area (Å²) in [7, 11) is 0. The van der Waals surface area contributed by atoms with E-state index in [4.69, 9.17) is 0 Å². The van der Waals surface area contributed by atoms with E-state index < -0.39 is 11.6 Å². The molecular formula is C23H27BrF2. The van der Waals surface area contributed by atoms with Gasteiger partial charge in [-0.3, -0.25) is 0 Å². The third-order valence-corrected chi connectivity index (χ3v) is 6.20. The van der Waals surface area contributed by atoms with Crippen molar-refractivity contribution in [3.63, 3.8) is 0 Å². The second kappa shape index (κ2) is 9.12. The molecule has 1 aliphatic rings. The van der Waals surface area contributed by atoms with Gasteiger partial charge in [-0.15, -0.1) is 0 Å². The van der Waals surface area contributed by atoms with Crippen molar-refractivity contribution < 1.29 is 8.78 Å². The van der Waals surface area contributed by atoms with E-state index in [9.17, 15) is 8.78 Å². The Morgan fingerprint density at radius 1 is 0.923 bits per heavy atom. The smallest absolute Gasteiger partial charge is 0.135 e. The zero-order chi connectivity index (χ0) is 18.5. The molecular weight excluding hydrogens is 394 g/mol. The first-order chi connectivity index (χ1) is 12.6. The average Bonchev–Trinajstić information content (AvgIpc) is 2.62. The van der Waals surface area contributed by atoms with E-state index in [0.29, 0.717) is 16.0 Å². The number of halogens is 3. The van der Waals surface area contributed by atoms with Crippen molar-refractivity contribution in [2.24, 2.45) is 5.92 Å². The lowest BCUT2D eigenvalue weighted by molar-refractivity contribution is 0.303. The molecule has 0 atom stereocenters. The maximum absolute atomic E-state index is 14.2. The summed E-state index contributed by atoms with van der Waals surface area (Å²) in [6.45, 7) is 2.26. The van der Waals surface area contributed by atoms with Gasteiger partial charge >= 0.3 is 0 Å². The minimum Gasteiger partial charge on any atom is -0.206 e. The van der Waals surface area contributed by atoms with E-state index in [1.165, 1.54) is 69.1 Å². The van der Waals surface area contributed by atoms with Crippen molar-refractivity contribution in [2.75, 3.05) is 0 Å². The predicted octanol–water partition coefficient (Wildman–Crippen LogP) is 8.25. The highest BCUT2D eigenvalue weighted by Gasteiger charge is 2.22. The zero-order valence-electron chi connectivity index (χ0n) is 15.4. The van der Waals surface area contributed by atoms with Gasteiger partial charge < -0.3 is 0 Å². The van der Waals surface area contributed by atoms with Gasteiger partial charge in [-0.25, -0.2) is 8.78 Å². The number of unbranched alkanes of at least 4 members (excludes halogenated alkanes) is 2. The summed E-state index contributed by atoms with van der Waals surface area (Å²) in [6, 6.07) is 10.4. The van der Waals surface area contributed by atoms with Crippen LogP contribution in [0.3, 0.4) is 0 Å². The summed E-state index contributed by atoms with van der Waals surface area (Å²) in [4.78, 5) is 0. The van der Waals surface area contributed by atoms with Crippen LogP contribution >= 0.6 is 15.9 Å². The molecule has 0 aromatic heterocycles. The predicted molar refractivity (Wildman–Crippen MR) is 108 cm³/mol. The van der Waals surface area contributed by atoms with Crippen LogP contribution in [0.2, 0.25) is 0 Å². The van der Waals surface area contributed by atoms with E-state index in [2.05, 4.69) is 35.0 Å². The highest BCUT2D eigenvalue weighted by atomic mass is 79.9. The Labute approximate surface area is 164 Å². The van der Waals surface area contributed by atoms with Crippen molar-refractivity contribution in [1.29, 1.82) is 0 Å². The van der Waals surface area contributed by atoms with Crippen molar-refractivity contribution in [2.45, 2.75) is 64.2 Å². The quantitative estimate of drug-likeness (QED) is 0.412. The Morgan fingerprint density at radius 3 is 2.12 bits per heavy atom. The van der Waals surface area contributed by atoms with Crippen LogP contribution in [0.1, 0.15) is 69.8 Å². The van der Waals surface area contributed by atoms with Crippen molar-refractivity contribution >= 4 is 15.9 Å². The van der Waals surface area contributed by atoms with Gasteiger partial charge in [0.15, 0.2) is 0 Å². The molecule has 2 aromatic rings. The summed E-state index contributed by atoms with van der Waals surface area (Å²) in [5, 5.41) is 0. The Kier molecular flexibility index (Phi) is 6.86. The average molecular weight is 421 g/mol. The van der Waals surface area contributed by atoms with Crippen molar-refractivity contribution in [3.8, 4) is 11.1 Å². The molecule has 140 valence electrons. The fraction of sp³-hybridized carbons (Fsp3) is 0.478. The molecule has 0 aliphatic heterocycles. The number of rotatable bonds is 6. The van der Waals surface area contributed by atoms with E-state index in [1.54, 1.807) is 0 Å². The van der Waals surface area contributed by atoms with E-state index in [0.717, 1.165) is 5.92 Å². The largest absolute Gasteiger partial charge is 0.206 e. The molecule has 0 unspecified atom stereocenters.